The highest BCUT2D eigenvalue weighted by molar-refractivity contribution is 8.18. The number of amidine groups is 1. The molecule has 0 bridgehead atoms. The molecule has 7 heteroatoms. The van der Waals surface area contributed by atoms with Crippen molar-refractivity contribution in [1.29, 1.82) is 0 Å². The molecule has 0 aliphatic carbocycles. The second-order valence-corrected chi connectivity index (χ2v) is 6.50. The molecule has 1 aliphatic rings. The van der Waals surface area contributed by atoms with E-state index < -0.39 is 0 Å². The Morgan fingerprint density at radius 3 is 2.82 bits per heavy atom. The SMILES string of the molecule is Cn1cccc1/C=C1\SC(=Nc2ccc(Cl)cc2Cl)NC1=O. The number of thioether (sulfide) groups is 1. The highest BCUT2D eigenvalue weighted by Crippen LogP contribution is 2.32. The molecule has 3 rings (SSSR count). The minimum Gasteiger partial charge on any atom is -0.351 e. The van der Waals surface area contributed by atoms with Gasteiger partial charge in [0.15, 0.2) is 5.17 Å². The topological polar surface area (TPSA) is 46.4 Å². The molecule has 1 saturated heterocycles. The first kappa shape index (κ1) is 15.2. The lowest BCUT2D eigenvalue weighted by molar-refractivity contribution is -0.115. The second-order valence-electron chi connectivity index (χ2n) is 4.62. The summed E-state index contributed by atoms with van der Waals surface area (Å²) in [6, 6.07) is 8.89. The fraction of sp³-hybridized carbons (Fsp3) is 0.0667. The third-order valence-electron chi connectivity index (χ3n) is 3.05. The van der Waals surface area contributed by atoms with Crippen molar-refractivity contribution in [1.82, 2.24) is 9.88 Å². The van der Waals surface area contributed by atoms with Gasteiger partial charge in [-0.15, -0.1) is 0 Å². The van der Waals surface area contributed by atoms with E-state index in [4.69, 9.17) is 23.2 Å². The third kappa shape index (κ3) is 3.21. The van der Waals surface area contributed by atoms with Crippen LogP contribution in [0.5, 0.6) is 0 Å². The Balaban J connectivity index is 1.87. The number of amides is 1. The largest absolute Gasteiger partial charge is 0.351 e. The molecule has 1 amide bonds. The Morgan fingerprint density at radius 1 is 1.32 bits per heavy atom. The van der Waals surface area contributed by atoms with Gasteiger partial charge in [0, 0.05) is 24.0 Å². The summed E-state index contributed by atoms with van der Waals surface area (Å²) in [5.41, 5.74) is 1.51. The van der Waals surface area contributed by atoms with Crippen LogP contribution in [0.4, 0.5) is 5.69 Å². The summed E-state index contributed by atoms with van der Waals surface area (Å²) in [7, 11) is 1.92. The van der Waals surface area contributed by atoms with Gasteiger partial charge < -0.3 is 9.88 Å². The van der Waals surface area contributed by atoms with E-state index in [0.717, 1.165) is 5.69 Å². The normalized spacial score (nSPS) is 18.2. The predicted octanol–water partition coefficient (Wildman–Crippen LogP) is 4.22. The Hall–Kier alpha value is -1.69. The van der Waals surface area contributed by atoms with Crippen LogP contribution in [0, 0.1) is 0 Å². The molecule has 0 radical (unpaired) electrons. The molecule has 1 N–H and O–H groups in total. The molecule has 4 nitrogen and oxygen atoms in total. The molecule has 112 valence electrons. The van der Waals surface area contributed by atoms with Crippen molar-refractivity contribution >= 4 is 57.8 Å². The summed E-state index contributed by atoms with van der Waals surface area (Å²) < 4.78 is 1.94. The van der Waals surface area contributed by atoms with E-state index in [1.165, 1.54) is 11.8 Å². The summed E-state index contributed by atoms with van der Waals surface area (Å²) in [6.07, 6.45) is 3.75. The maximum atomic E-state index is 12.0. The second kappa shape index (κ2) is 6.20. The molecule has 0 saturated carbocycles. The number of rotatable bonds is 2. The van der Waals surface area contributed by atoms with Gasteiger partial charge in [0.05, 0.1) is 15.6 Å². The number of nitrogens with zero attached hydrogens (tertiary/aromatic N) is 2. The van der Waals surface area contributed by atoms with Crippen molar-refractivity contribution in [2.75, 3.05) is 0 Å². The maximum absolute atomic E-state index is 12.0. The summed E-state index contributed by atoms with van der Waals surface area (Å²) >= 11 is 13.2. The number of carbonyl (C=O) groups is 1. The van der Waals surface area contributed by atoms with Crippen LogP contribution in [-0.4, -0.2) is 15.6 Å². The average molecular weight is 352 g/mol. The summed E-state index contributed by atoms with van der Waals surface area (Å²) in [5, 5.41) is 4.21. The molecule has 22 heavy (non-hydrogen) atoms. The number of carbonyl (C=O) groups excluding carboxylic acids is 1. The van der Waals surface area contributed by atoms with E-state index >= 15 is 0 Å². The van der Waals surface area contributed by atoms with Gasteiger partial charge in [-0.3, -0.25) is 4.79 Å². The fourth-order valence-corrected chi connectivity index (χ4v) is 3.19. The maximum Gasteiger partial charge on any atom is 0.264 e. The van der Waals surface area contributed by atoms with Crippen LogP contribution in [0.25, 0.3) is 6.08 Å². The van der Waals surface area contributed by atoms with Crippen molar-refractivity contribution in [2.24, 2.45) is 12.0 Å². The minimum atomic E-state index is -0.171. The standard InChI is InChI=1S/C15H11Cl2N3OS/c1-20-6-2-3-10(20)8-13-14(21)19-15(22-13)18-12-5-4-9(16)7-11(12)17/h2-8H,1H3,(H,18,19,21)/b13-8-. The molecule has 2 aromatic rings. The molecule has 0 unspecified atom stereocenters. The van der Waals surface area contributed by atoms with Gasteiger partial charge in [-0.25, -0.2) is 4.99 Å². The van der Waals surface area contributed by atoms with E-state index in [1.54, 1.807) is 18.2 Å². The molecule has 0 atom stereocenters. The van der Waals surface area contributed by atoms with Crippen molar-refractivity contribution in [3.8, 4) is 0 Å². The highest BCUT2D eigenvalue weighted by Gasteiger charge is 2.24. The van der Waals surface area contributed by atoms with Gasteiger partial charge in [-0.1, -0.05) is 23.2 Å². The average Bonchev–Trinajstić information content (AvgIpc) is 3.01. The van der Waals surface area contributed by atoms with Crippen LogP contribution < -0.4 is 5.32 Å². The molecule has 2 heterocycles. The van der Waals surface area contributed by atoms with E-state index in [2.05, 4.69) is 10.3 Å². The van der Waals surface area contributed by atoms with Gasteiger partial charge >= 0.3 is 0 Å². The van der Waals surface area contributed by atoms with Crippen molar-refractivity contribution < 1.29 is 4.79 Å². The molecule has 1 aromatic carbocycles. The van der Waals surface area contributed by atoms with Crippen molar-refractivity contribution in [2.45, 2.75) is 0 Å². The van der Waals surface area contributed by atoms with Crippen LogP contribution in [0.2, 0.25) is 10.0 Å². The van der Waals surface area contributed by atoms with Crippen LogP contribution >= 0.6 is 35.0 Å². The molecular weight excluding hydrogens is 341 g/mol. The number of nitrogens with one attached hydrogen (secondary N) is 1. The van der Waals surface area contributed by atoms with Gasteiger partial charge in [-0.2, -0.15) is 0 Å². The van der Waals surface area contributed by atoms with Crippen LogP contribution in [0.15, 0.2) is 46.4 Å². The zero-order chi connectivity index (χ0) is 15.7. The third-order valence-corrected chi connectivity index (χ3v) is 4.49. The number of hydrogen-bond acceptors (Lipinski definition) is 3. The van der Waals surface area contributed by atoms with Crippen LogP contribution in [0.3, 0.4) is 0 Å². The van der Waals surface area contributed by atoms with Crippen LogP contribution in [-0.2, 0) is 11.8 Å². The minimum absolute atomic E-state index is 0.171. The first-order valence-corrected chi connectivity index (χ1v) is 7.96. The van der Waals surface area contributed by atoms with E-state index in [-0.39, 0.29) is 5.91 Å². The van der Waals surface area contributed by atoms with Crippen LogP contribution in [0.1, 0.15) is 5.69 Å². The summed E-state index contributed by atoms with van der Waals surface area (Å²) in [6.45, 7) is 0. The zero-order valence-corrected chi connectivity index (χ0v) is 13.8. The quantitative estimate of drug-likeness (QED) is 0.823. The Bertz CT molecular complexity index is 811. The number of aryl methyl sites for hydroxylation is 1. The monoisotopic (exact) mass is 351 g/mol. The fourth-order valence-electron chi connectivity index (χ4n) is 1.92. The first-order chi connectivity index (χ1) is 10.5. The van der Waals surface area contributed by atoms with Crippen molar-refractivity contribution in [3.63, 3.8) is 0 Å². The Morgan fingerprint density at radius 2 is 2.14 bits per heavy atom. The lowest BCUT2D eigenvalue weighted by atomic mass is 10.3. The Labute approximate surface area is 141 Å². The molecule has 1 fully saturated rings. The molecule has 1 aliphatic heterocycles. The van der Waals surface area contributed by atoms with Gasteiger partial charge in [-0.05, 0) is 48.2 Å². The lowest BCUT2D eigenvalue weighted by Gasteiger charge is -2.00. The van der Waals surface area contributed by atoms with E-state index in [9.17, 15) is 4.79 Å². The zero-order valence-electron chi connectivity index (χ0n) is 11.5. The van der Waals surface area contributed by atoms with Gasteiger partial charge in [0.25, 0.3) is 5.91 Å². The first-order valence-electron chi connectivity index (χ1n) is 6.39. The predicted molar refractivity (Wildman–Crippen MR) is 92.7 cm³/mol. The smallest absolute Gasteiger partial charge is 0.264 e. The number of hydrogen-bond donors (Lipinski definition) is 1. The summed E-state index contributed by atoms with van der Waals surface area (Å²) in [4.78, 5) is 17.0. The van der Waals surface area contributed by atoms with E-state index in [0.29, 0.717) is 25.8 Å². The highest BCUT2D eigenvalue weighted by atomic mass is 35.5. The molecule has 1 aromatic heterocycles. The molecular formula is C15H11Cl2N3OS. The van der Waals surface area contributed by atoms with Crippen molar-refractivity contribution in [3.05, 3.63) is 57.2 Å². The van der Waals surface area contributed by atoms with Gasteiger partial charge in [0.1, 0.15) is 0 Å². The Kier molecular flexibility index (Phi) is 4.29. The number of aliphatic imine (C=N–C) groups is 1. The number of halogens is 2. The molecule has 0 spiro atoms. The summed E-state index contributed by atoms with van der Waals surface area (Å²) in [5.74, 6) is -0.171. The number of aromatic nitrogens is 1. The van der Waals surface area contributed by atoms with E-state index in [1.807, 2.05) is 36.0 Å². The number of benzene rings is 1. The van der Waals surface area contributed by atoms with Gasteiger partial charge in [0.2, 0.25) is 0 Å². The lowest BCUT2D eigenvalue weighted by Crippen LogP contribution is -2.19.